The van der Waals surface area contributed by atoms with Gasteiger partial charge in [0.1, 0.15) is 5.75 Å². The van der Waals surface area contributed by atoms with E-state index in [0.717, 1.165) is 12.1 Å². The smallest absolute Gasteiger partial charge is 0.416 e. The quantitative estimate of drug-likeness (QED) is 0.920. The van der Waals surface area contributed by atoms with Gasteiger partial charge in [0.05, 0.1) is 11.5 Å². The number of rotatable bonds is 4. The Morgan fingerprint density at radius 2 is 2.09 bits per heavy atom. The molecule has 2 rings (SSSR count). The molecule has 1 N–H and O–H groups in total. The Hall–Kier alpha value is -2.25. The summed E-state index contributed by atoms with van der Waals surface area (Å²) in [5, 5.41) is 9.02. The molecule has 1 saturated heterocycles. The molecule has 0 spiro atoms. The maximum absolute atomic E-state index is 12.6. The van der Waals surface area contributed by atoms with Crippen LogP contribution < -0.4 is 4.74 Å². The van der Waals surface area contributed by atoms with Gasteiger partial charge in [-0.15, -0.1) is 0 Å². The van der Waals surface area contributed by atoms with Crippen LogP contribution in [0.15, 0.2) is 24.3 Å². The van der Waals surface area contributed by atoms with Gasteiger partial charge in [-0.3, -0.25) is 9.59 Å². The Labute approximate surface area is 130 Å². The van der Waals surface area contributed by atoms with Crippen molar-refractivity contribution in [3.63, 3.8) is 0 Å². The SMILES string of the molecule is CC1C(C(=O)O)CCN1C(=O)COc1cccc(C(F)(F)F)c1. The van der Waals surface area contributed by atoms with Gasteiger partial charge in [0.2, 0.25) is 0 Å². The third kappa shape index (κ3) is 3.94. The Balaban J connectivity index is 1.96. The first-order chi connectivity index (χ1) is 10.7. The number of carboxylic acids is 1. The zero-order chi connectivity index (χ0) is 17.2. The van der Waals surface area contributed by atoms with Gasteiger partial charge in [-0.25, -0.2) is 0 Å². The number of carbonyl (C=O) groups excluding carboxylic acids is 1. The number of ether oxygens (including phenoxy) is 1. The molecule has 5 nitrogen and oxygen atoms in total. The molecule has 1 fully saturated rings. The number of halogens is 3. The molecule has 0 aromatic heterocycles. The summed E-state index contributed by atoms with van der Waals surface area (Å²) >= 11 is 0. The van der Waals surface area contributed by atoms with Gasteiger partial charge in [0.25, 0.3) is 5.91 Å². The standard InChI is InChI=1S/C15H16F3NO4/c1-9-12(14(21)22)5-6-19(9)13(20)8-23-11-4-2-3-10(7-11)15(16,17)18/h2-4,7,9,12H,5-6,8H2,1H3,(H,21,22). The first-order valence-corrected chi connectivity index (χ1v) is 7.02. The van der Waals surface area contributed by atoms with E-state index in [0.29, 0.717) is 13.0 Å². The van der Waals surface area contributed by atoms with Gasteiger partial charge in [0.15, 0.2) is 6.61 Å². The second-order valence-corrected chi connectivity index (χ2v) is 5.38. The molecule has 1 aliphatic heterocycles. The number of carbonyl (C=O) groups is 2. The molecule has 8 heteroatoms. The average Bonchev–Trinajstić information content (AvgIpc) is 2.86. The molecule has 0 bridgehead atoms. The molecular weight excluding hydrogens is 315 g/mol. The Bertz CT molecular complexity index is 603. The number of hydrogen-bond donors (Lipinski definition) is 1. The molecule has 1 aromatic rings. The van der Waals surface area contributed by atoms with Crippen LogP contribution in [0.1, 0.15) is 18.9 Å². The van der Waals surface area contributed by atoms with Gasteiger partial charge < -0.3 is 14.7 Å². The monoisotopic (exact) mass is 331 g/mol. The number of hydrogen-bond acceptors (Lipinski definition) is 3. The average molecular weight is 331 g/mol. The van der Waals surface area contributed by atoms with E-state index in [4.69, 9.17) is 9.84 Å². The fraction of sp³-hybridized carbons (Fsp3) is 0.467. The third-order valence-corrected chi connectivity index (χ3v) is 3.92. The molecule has 23 heavy (non-hydrogen) atoms. The number of aliphatic carboxylic acids is 1. The van der Waals surface area contributed by atoms with Crippen LogP contribution in [0.3, 0.4) is 0 Å². The number of likely N-dealkylation sites (tertiary alicyclic amines) is 1. The summed E-state index contributed by atoms with van der Waals surface area (Å²) in [6.45, 7) is 1.49. The molecular formula is C15H16F3NO4. The lowest BCUT2D eigenvalue weighted by molar-refractivity contribution is -0.143. The zero-order valence-corrected chi connectivity index (χ0v) is 12.3. The van der Waals surface area contributed by atoms with Crippen molar-refractivity contribution in [3.05, 3.63) is 29.8 Å². The van der Waals surface area contributed by atoms with Crippen LogP contribution in [0, 0.1) is 5.92 Å². The van der Waals surface area contributed by atoms with E-state index in [2.05, 4.69) is 0 Å². The van der Waals surface area contributed by atoms with Crippen molar-refractivity contribution >= 4 is 11.9 Å². The molecule has 0 aliphatic carbocycles. The predicted molar refractivity (Wildman–Crippen MR) is 73.9 cm³/mol. The Kier molecular flexibility index (Phi) is 4.82. The normalized spacial score (nSPS) is 21.3. The van der Waals surface area contributed by atoms with Crippen molar-refractivity contribution in [3.8, 4) is 5.75 Å². The molecule has 1 aromatic carbocycles. The van der Waals surface area contributed by atoms with Gasteiger partial charge in [-0.2, -0.15) is 13.2 Å². The molecule has 0 radical (unpaired) electrons. The molecule has 1 heterocycles. The predicted octanol–water partition coefficient (Wildman–Crippen LogP) is 2.41. The number of nitrogens with zero attached hydrogens (tertiary/aromatic N) is 1. The lowest BCUT2D eigenvalue weighted by atomic mass is 10.0. The lowest BCUT2D eigenvalue weighted by Gasteiger charge is -2.23. The fourth-order valence-corrected chi connectivity index (χ4v) is 2.61. The summed E-state index contributed by atoms with van der Waals surface area (Å²) in [7, 11) is 0. The van der Waals surface area contributed by atoms with Crippen LogP contribution in [0.4, 0.5) is 13.2 Å². The molecule has 1 aliphatic rings. The first kappa shape index (κ1) is 17.1. The summed E-state index contributed by atoms with van der Waals surface area (Å²) in [4.78, 5) is 24.5. The molecule has 0 saturated carbocycles. The van der Waals surface area contributed by atoms with Crippen molar-refractivity contribution in [1.82, 2.24) is 4.90 Å². The zero-order valence-electron chi connectivity index (χ0n) is 12.3. The lowest BCUT2D eigenvalue weighted by Crippen LogP contribution is -2.40. The summed E-state index contributed by atoms with van der Waals surface area (Å²) < 4.78 is 42.9. The van der Waals surface area contributed by atoms with E-state index < -0.39 is 42.2 Å². The summed E-state index contributed by atoms with van der Waals surface area (Å²) in [6, 6.07) is 3.79. The highest BCUT2D eigenvalue weighted by atomic mass is 19.4. The van der Waals surface area contributed by atoms with Crippen LogP contribution >= 0.6 is 0 Å². The van der Waals surface area contributed by atoms with Crippen LogP contribution in [0.25, 0.3) is 0 Å². The van der Waals surface area contributed by atoms with Crippen LogP contribution in [-0.2, 0) is 15.8 Å². The minimum atomic E-state index is -4.48. The van der Waals surface area contributed by atoms with E-state index >= 15 is 0 Å². The van der Waals surface area contributed by atoms with E-state index in [1.807, 2.05) is 0 Å². The number of benzene rings is 1. The molecule has 2 unspecified atom stereocenters. The molecule has 2 atom stereocenters. The van der Waals surface area contributed by atoms with Crippen molar-refractivity contribution in [2.45, 2.75) is 25.6 Å². The van der Waals surface area contributed by atoms with Crippen LogP contribution in [0.2, 0.25) is 0 Å². The maximum Gasteiger partial charge on any atom is 0.416 e. The molecule has 126 valence electrons. The number of amides is 1. The van der Waals surface area contributed by atoms with Gasteiger partial charge in [-0.1, -0.05) is 6.07 Å². The minimum absolute atomic E-state index is 0.0604. The van der Waals surface area contributed by atoms with E-state index in [1.54, 1.807) is 6.92 Å². The largest absolute Gasteiger partial charge is 0.484 e. The summed E-state index contributed by atoms with van der Waals surface area (Å²) in [5.74, 6) is -2.10. The van der Waals surface area contributed by atoms with Gasteiger partial charge in [-0.05, 0) is 31.5 Å². The van der Waals surface area contributed by atoms with Crippen molar-refractivity contribution < 1.29 is 32.6 Å². The molecule has 1 amide bonds. The Morgan fingerprint density at radius 1 is 1.39 bits per heavy atom. The van der Waals surface area contributed by atoms with E-state index in [-0.39, 0.29) is 5.75 Å². The highest BCUT2D eigenvalue weighted by molar-refractivity contribution is 5.80. The summed E-state index contributed by atoms with van der Waals surface area (Å²) in [6.07, 6.45) is -4.13. The van der Waals surface area contributed by atoms with Crippen molar-refractivity contribution in [2.75, 3.05) is 13.2 Å². The highest BCUT2D eigenvalue weighted by Crippen LogP contribution is 2.31. The van der Waals surface area contributed by atoms with Crippen LogP contribution in [0.5, 0.6) is 5.75 Å². The third-order valence-electron chi connectivity index (χ3n) is 3.92. The van der Waals surface area contributed by atoms with Crippen molar-refractivity contribution in [2.24, 2.45) is 5.92 Å². The second kappa shape index (κ2) is 6.47. The van der Waals surface area contributed by atoms with Gasteiger partial charge in [0, 0.05) is 12.6 Å². The second-order valence-electron chi connectivity index (χ2n) is 5.38. The van der Waals surface area contributed by atoms with E-state index in [9.17, 15) is 22.8 Å². The minimum Gasteiger partial charge on any atom is -0.484 e. The Morgan fingerprint density at radius 3 is 2.65 bits per heavy atom. The topological polar surface area (TPSA) is 66.8 Å². The summed E-state index contributed by atoms with van der Waals surface area (Å²) in [5.41, 5.74) is -0.858. The number of alkyl halides is 3. The van der Waals surface area contributed by atoms with Gasteiger partial charge >= 0.3 is 12.1 Å². The van der Waals surface area contributed by atoms with Crippen LogP contribution in [-0.4, -0.2) is 41.1 Å². The maximum atomic E-state index is 12.6. The fourth-order valence-electron chi connectivity index (χ4n) is 2.61. The number of carboxylic acid groups (broad SMARTS) is 1. The van der Waals surface area contributed by atoms with E-state index in [1.165, 1.54) is 17.0 Å². The van der Waals surface area contributed by atoms with Crippen molar-refractivity contribution in [1.29, 1.82) is 0 Å². The first-order valence-electron chi connectivity index (χ1n) is 7.02. The highest BCUT2D eigenvalue weighted by Gasteiger charge is 2.38.